The van der Waals surface area contributed by atoms with Crippen molar-refractivity contribution in [2.24, 2.45) is 0 Å². The van der Waals surface area contributed by atoms with Crippen LogP contribution in [0, 0.1) is 0 Å². The van der Waals surface area contributed by atoms with Crippen molar-refractivity contribution in [3.8, 4) is 0 Å². The Balaban J connectivity index is 1.98. The maximum absolute atomic E-state index is 12.2. The molecular weight excluding hydrogens is 294 g/mol. The summed E-state index contributed by atoms with van der Waals surface area (Å²) in [5.41, 5.74) is 0.715. The van der Waals surface area contributed by atoms with Crippen LogP contribution in [0.2, 0.25) is 0 Å². The summed E-state index contributed by atoms with van der Waals surface area (Å²) in [6, 6.07) is 6.37. The van der Waals surface area contributed by atoms with Crippen LogP contribution in [0.15, 0.2) is 29.2 Å². The Hall–Kier alpha value is -0.560. The smallest absolute Gasteiger partial charge is 0.240 e. The summed E-state index contributed by atoms with van der Waals surface area (Å²) in [5.74, 6) is 1.12. The quantitative estimate of drug-likeness (QED) is 0.875. The normalized spacial score (nSPS) is 21.6. The van der Waals surface area contributed by atoms with E-state index in [1.54, 1.807) is 31.2 Å². The fourth-order valence-corrected chi connectivity index (χ4v) is 4.61. The minimum Gasteiger partial charge on any atom is -0.389 e. The third-order valence-corrected chi connectivity index (χ3v) is 6.29. The Morgan fingerprint density at radius 2 is 2.05 bits per heavy atom. The van der Waals surface area contributed by atoms with Crippen molar-refractivity contribution in [1.82, 2.24) is 4.72 Å². The number of rotatable bonds is 5. The van der Waals surface area contributed by atoms with Crippen LogP contribution in [0.4, 0.5) is 0 Å². The second-order valence-electron chi connectivity index (χ2n) is 5.09. The van der Waals surface area contributed by atoms with Gasteiger partial charge in [-0.1, -0.05) is 18.6 Å². The van der Waals surface area contributed by atoms with Crippen LogP contribution in [0.25, 0.3) is 0 Å². The number of thioether (sulfide) groups is 1. The van der Waals surface area contributed by atoms with Gasteiger partial charge in [-0.15, -0.1) is 0 Å². The molecule has 20 heavy (non-hydrogen) atoms. The van der Waals surface area contributed by atoms with Crippen molar-refractivity contribution in [2.75, 3.05) is 12.3 Å². The van der Waals surface area contributed by atoms with Gasteiger partial charge in [0.05, 0.1) is 11.0 Å². The van der Waals surface area contributed by atoms with Gasteiger partial charge in [-0.05, 0) is 43.2 Å². The van der Waals surface area contributed by atoms with E-state index >= 15 is 0 Å². The summed E-state index contributed by atoms with van der Waals surface area (Å²) in [4.78, 5) is 0.253. The molecule has 0 bridgehead atoms. The molecule has 1 aromatic rings. The molecule has 1 fully saturated rings. The van der Waals surface area contributed by atoms with E-state index in [-0.39, 0.29) is 4.90 Å². The van der Waals surface area contributed by atoms with E-state index in [1.165, 1.54) is 12.8 Å². The van der Waals surface area contributed by atoms with Crippen molar-refractivity contribution in [1.29, 1.82) is 0 Å². The van der Waals surface area contributed by atoms with E-state index in [2.05, 4.69) is 4.72 Å². The fraction of sp³-hybridized carbons (Fsp3) is 0.571. The highest BCUT2D eigenvalue weighted by Gasteiger charge is 2.19. The zero-order chi connectivity index (χ0) is 14.6. The molecule has 0 radical (unpaired) electrons. The van der Waals surface area contributed by atoms with Crippen LogP contribution < -0.4 is 4.72 Å². The summed E-state index contributed by atoms with van der Waals surface area (Å²) in [6.07, 6.45) is 2.91. The third-order valence-electron chi connectivity index (χ3n) is 3.45. The van der Waals surface area contributed by atoms with Crippen molar-refractivity contribution >= 4 is 21.8 Å². The molecule has 0 aromatic heterocycles. The summed E-state index contributed by atoms with van der Waals surface area (Å²) in [6.45, 7) is 2.15. The Bertz CT molecular complexity index is 520. The predicted octanol–water partition coefficient (Wildman–Crippen LogP) is 2.30. The highest BCUT2D eigenvalue weighted by Crippen LogP contribution is 2.24. The predicted molar refractivity (Wildman–Crippen MR) is 82.4 cm³/mol. The van der Waals surface area contributed by atoms with Gasteiger partial charge < -0.3 is 5.11 Å². The first kappa shape index (κ1) is 15.8. The maximum atomic E-state index is 12.2. The first-order valence-electron chi connectivity index (χ1n) is 6.88. The van der Waals surface area contributed by atoms with E-state index in [0.29, 0.717) is 17.4 Å². The molecular formula is C14H21NO3S2. The maximum Gasteiger partial charge on any atom is 0.240 e. The molecule has 1 heterocycles. The lowest BCUT2D eigenvalue weighted by Gasteiger charge is -2.21. The van der Waals surface area contributed by atoms with Crippen LogP contribution in [0.3, 0.4) is 0 Å². The number of aliphatic hydroxyl groups excluding tert-OH is 1. The third kappa shape index (κ3) is 4.22. The first-order valence-corrected chi connectivity index (χ1v) is 9.41. The lowest BCUT2D eigenvalue weighted by Crippen LogP contribution is -2.32. The largest absolute Gasteiger partial charge is 0.389 e. The molecule has 4 nitrogen and oxygen atoms in total. The van der Waals surface area contributed by atoms with Gasteiger partial charge in [0, 0.05) is 11.8 Å². The summed E-state index contributed by atoms with van der Waals surface area (Å²) in [7, 11) is -3.45. The molecule has 0 spiro atoms. The number of hydrogen-bond acceptors (Lipinski definition) is 4. The average Bonchev–Trinajstić information content (AvgIpc) is 2.46. The Labute approximate surface area is 125 Å². The minimum absolute atomic E-state index is 0.253. The van der Waals surface area contributed by atoms with E-state index in [4.69, 9.17) is 0 Å². The lowest BCUT2D eigenvalue weighted by molar-refractivity contribution is 0.199. The van der Waals surface area contributed by atoms with E-state index in [0.717, 1.165) is 12.2 Å². The van der Waals surface area contributed by atoms with Gasteiger partial charge in [0.1, 0.15) is 0 Å². The molecule has 0 amide bonds. The van der Waals surface area contributed by atoms with Crippen LogP contribution >= 0.6 is 11.8 Å². The summed E-state index contributed by atoms with van der Waals surface area (Å²) in [5, 5.41) is 9.81. The molecule has 1 saturated heterocycles. The van der Waals surface area contributed by atoms with Gasteiger partial charge in [0.15, 0.2) is 0 Å². The first-order chi connectivity index (χ1) is 9.49. The molecule has 2 N–H and O–H groups in total. The molecule has 0 aliphatic carbocycles. The number of sulfonamides is 1. The Morgan fingerprint density at radius 1 is 1.35 bits per heavy atom. The SMILES string of the molecule is CC(O)c1ccc(S(=O)(=O)NCC2CCCCS2)cc1. The van der Waals surface area contributed by atoms with E-state index in [1.807, 2.05) is 11.8 Å². The van der Waals surface area contributed by atoms with Crippen molar-refractivity contribution in [3.63, 3.8) is 0 Å². The average molecular weight is 315 g/mol. The topological polar surface area (TPSA) is 66.4 Å². The van der Waals surface area contributed by atoms with Crippen LogP contribution in [-0.4, -0.2) is 31.1 Å². The highest BCUT2D eigenvalue weighted by atomic mass is 32.2. The molecule has 1 aromatic carbocycles. The molecule has 2 unspecified atom stereocenters. The van der Waals surface area contributed by atoms with E-state index in [9.17, 15) is 13.5 Å². The number of aliphatic hydroxyl groups is 1. The molecule has 1 aliphatic heterocycles. The standard InChI is InChI=1S/C14H21NO3S2/c1-11(16)12-5-7-14(8-6-12)20(17,18)15-10-13-4-2-3-9-19-13/h5-8,11,13,15-16H,2-4,9-10H2,1H3. The molecule has 0 saturated carbocycles. The van der Waals surface area contributed by atoms with Crippen molar-refractivity contribution in [2.45, 2.75) is 42.4 Å². The van der Waals surface area contributed by atoms with Gasteiger partial charge >= 0.3 is 0 Å². The van der Waals surface area contributed by atoms with Gasteiger partial charge in [-0.2, -0.15) is 11.8 Å². The summed E-state index contributed by atoms with van der Waals surface area (Å²) < 4.78 is 27.0. The zero-order valence-electron chi connectivity index (χ0n) is 11.6. The zero-order valence-corrected chi connectivity index (χ0v) is 13.2. The molecule has 2 atom stereocenters. The lowest BCUT2D eigenvalue weighted by atomic mass is 10.1. The molecule has 1 aliphatic rings. The highest BCUT2D eigenvalue weighted by molar-refractivity contribution is 8.00. The van der Waals surface area contributed by atoms with E-state index < -0.39 is 16.1 Å². The second-order valence-corrected chi connectivity index (χ2v) is 8.26. The minimum atomic E-state index is -3.45. The van der Waals surface area contributed by atoms with Crippen molar-refractivity contribution in [3.05, 3.63) is 29.8 Å². The second kappa shape index (κ2) is 6.93. The fourth-order valence-electron chi connectivity index (χ4n) is 2.18. The van der Waals surface area contributed by atoms with Gasteiger partial charge in [0.2, 0.25) is 10.0 Å². The van der Waals surface area contributed by atoms with Crippen LogP contribution in [0.1, 0.15) is 37.9 Å². The monoisotopic (exact) mass is 315 g/mol. The molecule has 2 rings (SSSR count). The summed E-state index contributed by atoms with van der Waals surface area (Å²) >= 11 is 1.85. The van der Waals surface area contributed by atoms with Crippen LogP contribution in [-0.2, 0) is 10.0 Å². The number of hydrogen-bond donors (Lipinski definition) is 2. The van der Waals surface area contributed by atoms with Gasteiger partial charge in [-0.25, -0.2) is 13.1 Å². The van der Waals surface area contributed by atoms with Crippen molar-refractivity contribution < 1.29 is 13.5 Å². The van der Waals surface area contributed by atoms with Gasteiger partial charge in [0.25, 0.3) is 0 Å². The van der Waals surface area contributed by atoms with Crippen LogP contribution in [0.5, 0.6) is 0 Å². The Morgan fingerprint density at radius 3 is 2.60 bits per heavy atom. The van der Waals surface area contributed by atoms with Gasteiger partial charge in [-0.3, -0.25) is 0 Å². The number of nitrogens with one attached hydrogen (secondary N) is 1. The molecule has 6 heteroatoms. The Kier molecular flexibility index (Phi) is 5.49. The molecule has 112 valence electrons. The number of benzene rings is 1.